The Bertz CT molecular complexity index is 1470. The Kier molecular flexibility index (Phi) is 7.09. The second-order valence-corrected chi connectivity index (χ2v) is 13.9. The van der Waals surface area contributed by atoms with Crippen LogP contribution in [0.2, 0.25) is 0 Å². The molecule has 44 heavy (non-hydrogen) atoms. The minimum atomic E-state index is -4.41. The van der Waals surface area contributed by atoms with Gasteiger partial charge in [0.25, 0.3) is 0 Å². The Morgan fingerprint density at radius 1 is 1.16 bits per heavy atom. The van der Waals surface area contributed by atoms with Crippen LogP contribution >= 0.6 is 0 Å². The maximum Gasteiger partial charge on any atom is 0.416 e. The minimum Gasteiger partial charge on any atom is -0.493 e. The molecule has 6 nitrogen and oxygen atoms in total. The summed E-state index contributed by atoms with van der Waals surface area (Å²) >= 11 is 0. The fraction of sp³-hybridized carbons (Fsp3) is 0.571. The van der Waals surface area contributed by atoms with Crippen molar-refractivity contribution in [2.24, 2.45) is 11.8 Å². The first-order valence-electron chi connectivity index (χ1n) is 16.0. The van der Waals surface area contributed by atoms with E-state index in [2.05, 4.69) is 24.8 Å². The smallest absolute Gasteiger partial charge is 0.416 e. The minimum absolute atomic E-state index is 0.00967. The summed E-state index contributed by atoms with van der Waals surface area (Å²) in [5.74, 6) is 2.02. The molecule has 1 N–H and O–H groups in total. The van der Waals surface area contributed by atoms with Crippen molar-refractivity contribution < 1.29 is 32.5 Å². The number of methoxy groups -OCH3 is 1. The van der Waals surface area contributed by atoms with Gasteiger partial charge in [-0.3, -0.25) is 9.69 Å². The predicted octanol–water partition coefficient (Wildman–Crippen LogP) is 5.84. The van der Waals surface area contributed by atoms with E-state index in [9.17, 15) is 23.1 Å². The second-order valence-electron chi connectivity index (χ2n) is 13.9. The van der Waals surface area contributed by atoms with Gasteiger partial charge in [-0.05, 0) is 92.3 Å². The van der Waals surface area contributed by atoms with E-state index in [1.54, 1.807) is 13.2 Å². The average Bonchev–Trinajstić information content (AvgIpc) is 3.73. The number of piperidine rings is 1. The lowest BCUT2D eigenvalue weighted by molar-refractivity contribution is -0.201. The van der Waals surface area contributed by atoms with Crippen LogP contribution in [0.25, 0.3) is 6.08 Å². The van der Waals surface area contributed by atoms with Crippen LogP contribution in [0.5, 0.6) is 11.5 Å². The van der Waals surface area contributed by atoms with Gasteiger partial charge in [0.15, 0.2) is 11.5 Å². The van der Waals surface area contributed by atoms with E-state index in [0.717, 1.165) is 43.6 Å². The topological polar surface area (TPSA) is 62.2 Å². The molecule has 2 aromatic rings. The predicted molar refractivity (Wildman–Crippen MR) is 160 cm³/mol. The number of alkyl halides is 3. The van der Waals surface area contributed by atoms with Crippen LogP contribution < -0.4 is 9.47 Å². The highest BCUT2D eigenvalue weighted by molar-refractivity contribution is 5.92. The number of hydrogen-bond donors (Lipinski definition) is 1. The number of aliphatic hydroxyl groups is 1. The molecule has 236 valence electrons. The third kappa shape index (κ3) is 4.56. The van der Waals surface area contributed by atoms with Crippen molar-refractivity contribution in [3.8, 4) is 11.5 Å². The molecule has 9 heteroatoms. The number of amides is 1. The van der Waals surface area contributed by atoms with Crippen molar-refractivity contribution in [3.05, 3.63) is 64.7 Å². The molecule has 3 fully saturated rings. The number of nitrogens with zero attached hydrogens (tertiary/aromatic N) is 2. The average molecular weight is 611 g/mol. The van der Waals surface area contributed by atoms with Crippen LogP contribution in [0.4, 0.5) is 13.2 Å². The molecule has 0 aromatic heterocycles. The molecule has 1 saturated heterocycles. The van der Waals surface area contributed by atoms with Gasteiger partial charge in [-0.1, -0.05) is 32.0 Å². The zero-order chi connectivity index (χ0) is 31.0. The summed E-state index contributed by atoms with van der Waals surface area (Å²) in [5, 5.41) is 12.9. The molecule has 2 aromatic carbocycles. The van der Waals surface area contributed by atoms with Gasteiger partial charge in [-0.15, -0.1) is 0 Å². The first-order valence-corrected chi connectivity index (χ1v) is 16.0. The fourth-order valence-corrected chi connectivity index (χ4v) is 8.75. The summed E-state index contributed by atoms with van der Waals surface area (Å²) in [6, 6.07) is 8.60. The zero-order valence-corrected chi connectivity index (χ0v) is 25.6. The Morgan fingerprint density at radius 3 is 2.57 bits per heavy atom. The number of likely N-dealkylation sites (tertiary alicyclic amines) is 1. The van der Waals surface area contributed by atoms with Gasteiger partial charge >= 0.3 is 6.18 Å². The van der Waals surface area contributed by atoms with Gasteiger partial charge < -0.3 is 19.5 Å². The maximum atomic E-state index is 14.0. The molecule has 1 amide bonds. The first-order chi connectivity index (χ1) is 21.0. The van der Waals surface area contributed by atoms with Gasteiger partial charge in [-0.25, -0.2) is 0 Å². The molecule has 5 aliphatic rings. The molecule has 3 aliphatic carbocycles. The lowest BCUT2D eigenvalue weighted by atomic mass is 9.48. The summed E-state index contributed by atoms with van der Waals surface area (Å²) in [6.07, 6.45) is 3.34. The number of carbonyl (C=O) groups excluding carboxylic acids is 1. The number of carbonyl (C=O) groups is 1. The third-order valence-electron chi connectivity index (χ3n) is 10.8. The van der Waals surface area contributed by atoms with E-state index in [-0.39, 0.29) is 23.9 Å². The Hall–Kier alpha value is -3.04. The van der Waals surface area contributed by atoms with Crippen molar-refractivity contribution in [2.45, 2.75) is 87.8 Å². The van der Waals surface area contributed by atoms with Crippen LogP contribution in [0.15, 0.2) is 42.5 Å². The van der Waals surface area contributed by atoms with Crippen molar-refractivity contribution in [1.29, 1.82) is 0 Å². The quantitative estimate of drug-likeness (QED) is 0.381. The SMILES string of the molecule is COc1ccc2c3c1O[C@H]1[C@@H](N(CC(C)C)C(=O)C=Cc4ccc(C(F)(F)F)cc4)CC[C@@]4(O)[C@@H](C2)N(CC2CC2)CC[C@]314. The van der Waals surface area contributed by atoms with Gasteiger partial charge in [0.2, 0.25) is 5.91 Å². The van der Waals surface area contributed by atoms with E-state index in [0.29, 0.717) is 42.4 Å². The molecule has 7 rings (SSSR count). The first kappa shape index (κ1) is 29.7. The van der Waals surface area contributed by atoms with E-state index < -0.39 is 28.9 Å². The molecule has 5 atom stereocenters. The molecule has 2 heterocycles. The Balaban J connectivity index is 1.25. The molecule has 2 bridgehead atoms. The Morgan fingerprint density at radius 2 is 1.91 bits per heavy atom. The number of ether oxygens (including phenoxy) is 2. The summed E-state index contributed by atoms with van der Waals surface area (Å²) in [4.78, 5) is 18.4. The molecule has 2 saturated carbocycles. The summed E-state index contributed by atoms with van der Waals surface area (Å²) in [7, 11) is 1.63. The Labute approximate surface area is 256 Å². The lowest BCUT2D eigenvalue weighted by Gasteiger charge is -2.65. The highest BCUT2D eigenvalue weighted by atomic mass is 19.4. The number of hydrogen-bond acceptors (Lipinski definition) is 5. The van der Waals surface area contributed by atoms with Gasteiger partial charge in [0.05, 0.1) is 29.7 Å². The van der Waals surface area contributed by atoms with E-state index in [4.69, 9.17) is 9.47 Å². The zero-order valence-electron chi connectivity index (χ0n) is 25.6. The maximum absolute atomic E-state index is 14.0. The second kappa shape index (κ2) is 10.5. The van der Waals surface area contributed by atoms with Crippen LogP contribution in [0, 0.1) is 11.8 Å². The lowest BCUT2D eigenvalue weighted by Crippen LogP contribution is -2.78. The highest BCUT2D eigenvalue weighted by Gasteiger charge is 2.73. The molecule has 0 unspecified atom stereocenters. The van der Waals surface area contributed by atoms with E-state index in [1.165, 1.54) is 36.6 Å². The normalized spacial score (nSPS) is 30.8. The number of benzene rings is 2. The summed E-state index contributed by atoms with van der Waals surface area (Å²) < 4.78 is 51.8. The fourth-order valence-electron chi connectivity index (χ4n) is 8.75. The van der Waals surface area contributed by atoms with Crippen LogP contribution in [-0.2, 0) is 22.8 Å². The van der Waals surface area contributed by atoms with Gasteiger partial charge in [0.1, 0.15) is 6.10 Å². The third-order valence-corrected chi connectivity index (χ3v) is 10.8. The van der Waals surface area contributed by atoms with Crippen molar-refractivity contribution in [3.63, 3.8) is 0 Å². The van der Waals surface area contributed by atoms with E-state index in [1.807, 2.05) is 11.0 Å². The van der Waals surface area contributed by atoms with Crippen LogP contribution in [0.3, 0.4) is 0 Å². The molecule has 2 aliphatic heterocycles. The van der Waals surface area contributed by atoms with Crippen LogP contribution in [0.1, 0.15) is 68.2 Å². The number of rotatable bonds is 8. The summed E-state index contributed by atoms with van der Waals surface area (Å²) in [6.45, 7) is 6.51. The standard InChI is InChI=1S/C35H41F3N2O4/c1-21(2)19-40(29(41)13-8-22-6-10-25(11-7-22)35(36,37)38)26-14-15-34(42)28-18-24-9-12-27(43-3)31-30(24)33(34,32(26)44-31)16-17-39(28)20-23-4-5-23/h6-13,21,23,26,28,32,42H,4-5,14-20H2,1-3H3/t26-,28+,32-,33-,34+/m0/s1. The molecule has 0 radical (unpaired) electrons. The van der Waals surface area contributed by atoms with Gasteiger partial charge in [0, 0.05) is 30.8 Å². The largest absolute Gasteiger partial charge is 0.493 e. The van der Waals surface area contributed by atoms with Crippen LogP contribution in [-0.4, -0.2) is 71.3 Å². The molecular weight excluding hydrogens is 569 g/mol. The molecular formula is C35H41F3N2O4. The summed E-state index contributed by atoms with van der Waals surface area (Å²) in [5.41, 5.74) is 0.401. The van der Waals surface area contributed by atoms with Crippen molar-refractivity contribution in [1.82, 2.24) is 9.80 Å². The molecule has 1 spiro atoms. The van der Waals surface area contributed by atoms with Crippen molar-refractivity contribution >= 4 is 12.0 Å². The van der Waals surface area contributed by atoms with Crippen molar-refractivity contribution in [2.75, 3.05) is 26.7 Å². The van der Waals surface area contributed by atoms with Gasteiger partial charge in [-0.2, -0.15) is 13.2 Å². The van der Waals surface area contributed by atoms with E-state index >= 15 is 0 Å². The monoisotopic (exact) mass is 610 g/mol. The number of halogens is 3. The highest BCUT2D eigenvalue weighted by Crippen LogP contribution is 2.66.